The molecule has 2 unspecified atom stereocenters. The molecule has 0 saturated heterocycles. The summed E-state index contributed by atoms with van der Waals surface area (Å²) in [4.78, 5) is 0. The van der Waals surface area contributed by atoms with E-state index in [0.717, 1.165) is 44.1 Å². The molecule has 152 valence electrons. The fraction of sp³-hybridized carbons (Fsp3) is 0.680. The standard InChI is InChI=1S/C25H34O3/c1-22-12-10-19(26)16-18(22)8-9-21-20(22)11-13-23(2)24(27,14-15-25(21,23)28)17-6-4-3-5-7-17/h3-8,19-21,26-28H,9-16H2,1-2H3/t19?,20-,21-,22+,23-,24?,25-/m1/s1. The van der Waals surface area contributed by atoms with E-state index in [4.69, 9.17) is 0 Å². The molecule has 0 amide bonds. The lowest BCUT2D eigenvalue weighted by Gasteiger charge is -2.62. The fourth-order valence-electron chi connectivity index (χ4n) is 7.80. The van der Waals surface area contributed by atoms with Gasteiger partial charge in [0.05, 0.1) is 17.3 Å². The predicted octanol–water partition coefficient (Wildman–Crippen LogP) is 4.31. The van der Waals surface area contributed by atoms with Gasteiger partial charge in [0.15, 0.2) is 0 Å². The molecular weight excluding hydrogens is 348 g/mol. The molecule has 3 N–H and O–H groups in total. The monoisotopic (exact) mass is 382 g/mol. The van der Waals surface area contributed by atoms with Gasteiger partial charge in [0.2, 0.25) is 0 Å². The summed E-state index contributed by atoms with van der Waals surface area (Å²) in [6.07, 6.45) is 8.84. The van der Waals surface area contributed by atoms with Crippen molar-refractivity contribution in [2.75, 3.05) is 0 Å². The zero-order valence-corrected chi connectivity index (χ0v) is 17.2. The van der Waals surface area contributed by atoms with Crippen molar-refractivity contribution in [3.8, 4) is 0 Å². The number of aliphatic hydroxyl groups is 3. The third-order valence-corrected chi connectivity index (χ3v) is 9.66. The second-order valence-corrected chi connectivity index (χ2v) is 10.5. The molecule has 4 aliphatic rings. The first-order chi connectivity index (χ1) is 13.2. The first kappa shape index (κ1) is 18.8. The number of hydrogen-bond donors (Lipinski definition) is 3. The highest BCUT2D eigenvalue weighted by Gasteiger charge is 2.71. The summed E-state index contributed by atoms with van der Waals surface area (Å²) in [6.45, 7) is 4.50. The van der Waals surface area contributed by atoms with Crippen LogP contribution in [-0.4, -0.2) is 27.0 Å². The first-order valence-corrected chi connectivity index (χ1v) is 11.1. The van der Waals surface area contributed by atoms with E-state index in [1.165, 1.54) is 5.57 Å². The number of fused-ring (bicyclic) bond motifs is 5. The Kier molecular flexibility index (Phi) is 3.99. The van der Waals surface area contributed by atoms with Crippen molar-refractivity contribution in [2.24, 2.45) is 22.7 Å². The lowest BCUT2D eigenvalue weighted by molar-refractivity contribution is -0.218. The Morgan fingerprint density at radius 2 is 1.64 bits per heavy atom. The van der Waals surface area contributed by atoms with E-state index in [9.17, 15) is 15.3 Å². The minimum atomic E-state index is -0.971. The van der Waals surface area contributed by atoms with Crippen molar-refractivity contribution in [1.29, 1.82) is 0 Å². The van der Waals surface area contributed by atoms with E-state index >= 15 is 0 Å². The summed E-state index contributed by atoms with van der Waals surface area (Å²) in [5, 5.41) is 34.2. The van der Waals surface area contributed by atoms with Gasteiger partial charge in [-0.3, -0.25) is 0 Å². The lowest BCUT2D eigenvalue weighted by Crippen LogP contribution is -2.63. The average Bonchev–Trinajstić information content (AvgIpc) is 2.91. The molecule has 4 aliphatic carbocycles. The molecule has 3 fully saturated rings. The van der Waals surface area contributed by atoms with E-state index < -0.39 is 16.6 Å². The summed E-state index contributed by atoms with van der Waals surface area (Å²) in [5.41, 5.74) is 0.107. The van der Waals surface area contributed by atoms with E-state index in [1.54, 1.807) is 0 Å². The molecule has 3 saturated carbocycles. The van der Waals surface area contributed by atoms with Gasteiger partial charge in [0.25, 0.3) is 0 Å². The van der Waals surface area contributed by atoms with Gasteiger partial charge in [-0.1, -0.05) is 55.8 Å². The van der Waals surface area contributed by atoms with Crippen molar-refractivity contribution >= 4 is 0 Å². The Hall–Kier alpha value is -1.16. The molecule has 0 spiro atoms. The van der Waals surface area contributed by atoms with Crippen molar-refractivity contribution in [1.82, 2.24) is 0 Å². The molecule has 28 heavy (non-hydrogen) atoms. The van der Waals surface area contributed by atoms with Crippen LogP contribution in [0.25, 0.3) is 0 Å². The molecule has 1 aromatic rings. The SMILES string of the molecule is C[C@]12CCC(O)CC1=CC[C@@H]1[C@H]2CC[C@]2(C)C(O)(c3ccccc3)CC[C@@]12O. The van der Waals surface area contributed by atoms with Crippen LogP contribution in [0.3, 0.4) is 0 Å². The van der Waals surface area contributed by atoms with Crippen LogP contribution in [0.1, 0.15) is 70.8 Å². The van der Waals surface area contributed by atoms with Gasteiger partial charge >= 0.3 is 0 Å². The Labute approximate surface area is 168 Å². The summed E-state index contributed by atoms with van der Waals surface area (Å²) >= 11 is 0. The van der Waals surface area contributed by atoms with Crippen LogP contribution in [0.5, 0.6) is 0 Å². The molecule has 3 heteroatoms. The summed E-state index contributed by atoms with van der Waals surface area (Å²) in [6, 6.07) is 10.0. The molecule has 7 atom stereocenters. The predicted molar refractivity (Wildman–Crippen MR) is 110 cm³/mol. The van der Waals surface area contributed by atoms with Crippen LogP contribution in [0.15, 0.2) is 42.0 Å². The van der Waals surface area contributed by atoms with E-state index in [0.29, 0.717) is 18.8 Å². The lowest BCUT2D eigenvalue weighted by atomic mass is 9.45. The normalized spacial score (nSPS) is 50.3. The van der Waals surface area contributed by atoms with Crippen molar-refractivity contribution in [2.45, 2.75) is 82.5 Å². The van der Waals surface area contributed by atoms with E-state index in [1.807, 2.05) is 30.3 Å². The first-order valence-electron chi connectivity index (χ1n) is 11.1. The Morgan fingerprint density at radius 1 is 0.893 bits per heavy atom. The van der Waals surface area contributed by atoms with Crippen LogP contribution in [0, 0.1) is 22.7 Å². The maximum atomic E-state index is 12.2. The zero-order valence-electron chi connectivity index (χ0n) is 17.2. The van der Waals surface area contributed by atoms with Gasteiger partial charge in [-0.15, -0.1) is 0 Å². The van der Waals surface area contributed by atoms with E-state index in [-0.39, 0.29) is 17.4 Å². The number of rotatable bonds is 1. The molecular formula is C25H34O3. The summed E-state index contributed by atoms with van der Waals surface area (Å²) in [5.74, 6) is 0.629. The van der Waals surface area contributed by atoms with Crippen molar-refractivity contribution in [3.63, 3.8) is 0 Å². The second-order valence-electron chi connectivity index (χ2n) is 10.5. The van der Waals surface area contributed by atoms with E-state index in [2.05, 4.69) is 19.9 Å². The third kappa shape index (κ3) is 2.16. The highest BCUT2D eigenvalue weighted by Crippen LogP contribution is 2.70. The minimum Gasteiger partial charge on any atom is -0.393 e. The Balaban J connectivity index is 1.56. The molecule has 0 bridgehead atoms. The number of benzene rings is 1. The fourth-order valence-corrected chi connectivity index (χ4v) is 7.80. The zero-order chi connectivity index (χ0) is 19.8. The number of aliphatic hydroxyl groups excluding tert-OH is 1. The minimum absolute atomic E-state index is 0.0899. The van der Waals surface area contributed by atoms with Gasteiger partial charge < -0.3 is 15.3 Å². The maximum absolute atomic E-state index is 12.2. The van der Waals surface area contributed by atoms with Gasteiger partial charge in [-0.05, 0) is 74.2 Å². The van der Waals surface area contributed by atoms with Crippen LogP contribution in [-0.2, 0) is 5.60 Å². The quantitative estimate of drug-likeness (QED) is 0.634. The number of allylic oxidation sites excluding steroid dienone is 1. The number of hydrogen-bond acceptors (Lipinski definition) is 3. The van der Waals surface area contributed by atoms with Gasteiger partial charge in [0.1, 0.15) is 0 Å². The Bertz CT molecular complexity index is 803. The highest BCUT2D eigenvalue weighted by molar-refractivity contribution is 5.34. The topological polar surface area (TPSA) is 60.7 Å². The summed E-state index contributed by atoms with van der Waals surface area (Å²) in [7, 11) is 0. The molecule has 1 aromatic carbocycles. The van der Waals surface area contributed by atoms with Gasteiger partial charge in [-0.25, -0.2) is 0 Å². The molecule has 3 nitrogen and oxygen atoms in total. The summed E-state index contributed by atoms with van der Waals surface area (Å²) < 4.78 is 0. The highest BCUT2D eigenvalue weighted by atomic mass is 16.3. The van der Waals surface area contributed by atoms with Crippen molar-refractivity contribution < 1.29 is 15.3 Å². The second kappa shape index (κ2) is 5.93. The van der Waals surface area contributed by atoms with Gasteiger partial charge in [-0.2, -0.15) is 0 Å². The largest absolute Gasteiger partial charge is 0.393 e. The van der Waals surface area contributed by atoms with Gasteiger partial charge in [0, 0.05) is 5.41 Å². The molecule has 0 heterocycles. The third-order valence-electron chi connectivity index (χ3n) is 9.66. The van der Waals surface area contributed by atoms with Crippen molar-refractivity contribution in [3.05, 3.63) is 47.5 Å². The Morgan fingerprint density at radius 3 is 2.39 bits per heavy atom. The maximum Gasteiger partial charge on any atom is 0.0978 e. The molecule has 0 aromatic heterocycles. The van der Waals surface area contributed by atoms with Crippen LogP contribution in [0.4, 0.5) is 0 Å². The molecule has 5 rings (SSSR count). The van der Waals surface area contributed by atoms with Crippen LogP contribution >= 0.6 is 0 Å². The van der Waals surface area contributed by atoms with Crippen LogP contribution in [0.2, 0.25) is 0 Å². The van der Waals surface area contributed by atoms with Crippen LogP contribution < -0.4 is 0 Å². The smallest absolute Gasteiger partial charge is 0.0978 e. The average molecular weight is 383 g/mol. The molecule has 0 radical (unpaired) electrons. The molecule has 0 aliphatic heterocycles.